The molecule has 1 atom stereocenters. The lowest BCUT2D eigenvalue weighted by Crippen LogP contribution is -2.21. The maximum absolute atomic E-state index is 6.10. The van der Waals surface area contributed by atoms with Gasteiger partial charge >= 0.3 is 0 Å². The van der Waals surface area contributed by atoms with Crippen molar-refractivity contribution in [3.05, 3.63) is 22.7 Å². The molecule has 0 saturated carbocycles. The summed E-state index contributed by atoms with van der Waals surface area (Å²) in [5, 5.41) is 0.621. The van der Waals surface area contributed by atoms with E-state index in [0.717, 1.165) is 29.2 Å². The molecule has 1 unspecified atom stereocenters. The minimum atomic E-state index is 0.256. The molecule has 0 radical (unpaired) electrons. The van der Waals surface area contributed by atoms with Gasteiger partial charge in [0, 0.05) is 17.5 Å². The van der Waals surface area contributed by atoms with E-state index in [2.05, 4.69) is 6.92 Å². The molecule has 0 aliphatic carbocycles. The first-order valence-electron chi connectivity index (χ1n) is 5.62. The van der Waals surface area contributed by atoms with Crippen LogP contribution in [0.1, 0.15) is 18.9 Å². The van der Waals surface area contributed by atoms with E-state index in [1.807, 2.05) is 23.9 Å². The highest BCUT2D eigenvalue weighted by atomic mass is 35.5. The lowest BCUT2D eigenvalue weighted by atomic mass is 10.2. The number of fused-ring (bicyclic) bond motifs is 1. The van der Waals surface area contributed by atoms with Crippen LogP contribution in [0, 0.1) is 0 Å². The van der Waals surface area contributed by atoms with E-state index in [9.17, 15) is 0 Å². The van der Waals surface area contributed by atoms with Crippen LogP contribution < -0.4 is 15.2 Å². The third-order valence-corrected chi connectivity index (χ3v) is 4.09. The molecule has 1 aliphatic rings. The van der Waals surface area contributed by atoms with Crippen LogP contribution in [-0.2, 0) is 5.75 Å². The van der Waals surface area contributed by atoms with Gasteiger partial charge in [-0.15, -0.1) is 0 Å². The average molecular weight is 274 g/mol. The van der Waals surface area contributed by atoms with Crippen LogP contribution in [0.15, 0.2) is 12.1 Å². The lowest BCUT2D eigenvalue weighted by Gasteiger charge is -2.08. The number of hydrogen-bond acceptors (Lipinski definition) is 4. The van der Waals surface area contributed by atoms with Crippen LogP contribution in [0.5, 0.6) is 11.5 Å². The number of halogens is 1. The zero-order valence-electron chi connectivity index (χ0n) is 9.74. The molecule has 1 heterocycles. The molecule has 0 aromatic heterocycles. The normalized spacial score (nSPS) is 15.0. The number of rotatable bonds is 5. The molecule has 1 aromatic rings. The molecule has 2 rings (SSSR count). The topological polar surface area (TPSA) is 44.5 Å². The van der Waals surface area contributed by atoms with Crippen LogP contribution in [0.3, 0.4) is 0 Å². The molecule has 94 valence electrons. The standard InChI is InChI=1S/C12H16ClNO2S/c1-2-9(14)6-17-5-8-3-10(13)12-11(4-8)15-7-16-12/h3-4,9H,2,5-7,14H2,1H3. The molecular weight excluding hydrogens is 258 g/mol. The van der Waals surface area contributed by atoms with Gasteiger partial charge in [-0.05, 0) is 24.1 Å². The fourth-order valence-corrected chi connectivity index (χ4v) is 2.90. The summed E-state index contributed by atoms with van der Waals surface area (Å²) in [4.78, 5) is 0. The summed E-state index contributed by atoms with van der Waals surface area (Å²) in [6.45, 7) is 2.36. The first-order valence-corrected chi connectivity index (χ1v) is 7.15. The monoisotopic (exact) mass is 273 g/mol. The Morgan fingerprint density at radius 3 is 3.06 bits per heavy atom. The van der Waals surface area contributed by atoms with E-state index in [-0.39, 0.29) is 12.8 Å². The molecular formula is C12H16ClNO2S. The maximum atomic E-state index is 6.10. The van der Waals surface area contributed by atoms with Gasteiger partial charge in [-0.2, -0.15) is 11.8 Å². The van der Waals surface area contributed by atoms with Crippen molar-refractivity contribution in [2.75, 3.05) is 12.5 Å². The zero-order valence-corrected chi connectivity index (χ0v) is 11.3. The summed E-state index contributed by atoms with van der Waals surface area (Å²) in [7, 11) is 0. The molecule has 0 spiro atoms. The van der Waals surface area contributed by atoms with Gasteiger partial charge in [-0.25, -0.2) is 0 Å². The second-order valence-electron chi connectivity index (χ2n) is 3.99. The van der Waals surface area contributed by atoms with Gasteiger partial charge in [0.05, 0.1) is 5.02 Å². The van der Waals surface area contributed by atoms with Crippen LogP contribution in [0.4, 0.5) is 0 Å². The van der Waals surface area contributed by atoms with Gasteiger partial charge in [0.1, 0.15) is 0 Å². The molecule has 0 bridgehead atoms. The smallest absolute Gasteiger partial charge is 0.231 e. The Balaban J connectivity index is 1.96. The summed E-state index contributed by atoms with van der Waals surface area (Å²) < 4.78 is 10.6. The average Bonchev–Trinajstić information content (AvgIpc) is 2.77. The van der Waals surface area contributed by atoms with Crippen molar-refractivity contribution in [3.63, 3.8) is 0 Å². The number of hydrogen-bond donors (Lipinski definition) is 1. The minimum absolute atomic E-state index is 0.256. The number of ether oxygens (including phenoxy) is 2. The van der Waals surface area contributed by atoms with Gasteiger partial charge in [0.2, 0.25) is 6.79 Å². The molecule has 2 N–H and O–H groups in total. The van der Waals surface area contributed by atoms with E-state index in [1.165, 1.54) is 0 Å². The first kappa shape index (κ1) is 12.9. The van der Waals surface area contributed by atoms with Gasteiger partial charge in [0.25, 0.3) is 0 Å². The van der Waals surface area contributed by atoms with Gasteiger partial charge in [0.15, 0.2) is 11.5 Å². The summed E-state index contributed by atoms with van der Waals surface area (Å²) in [5.74, 6) is 3.26. The van der Waals surface area contributed by atoms with Crippen LogP contribution >= 0.6 is 23.4 Å². The van der Waals surface area contributed by atoms with Crippen LogP contribution in [0.2, 0.25) is 5.02 Å². The first-order chi connectivity index (χ1) is 8.20. The predicted octanol–water partition coefficient (Wildman–Crippen LogP) is 3.04. The summed E-state index contributed by atoms with van der Waals surface area (Å²) in [6, 6.07) is 4.18. The van der Waals surface area contributed by atoms with Crippen molar-refractivity contribution in [1.29, 1.82) is 0 Å². The number of benzene rings is 1. The molecule has 1 aromatic carbocycles. The van der Waals surface area contributed by atoms with E-state index >= 15 is 0 Å². The summed E-state index contributed by atoms with van der Waals surface area (Å²) >= 11 is 7.92. The van der Waals surface area contributed by atoms with Crippen molar-refractivity contribution < 1.29 is 9.47 Å². The Hall–Kier alpha value is -0.580. The second kappa shape index (κ2) is 5.85. The van der Waals surface area contributed by atoms with Crippen LogP contribution in [-0.4, -0.2) is 18.6 Å². The van der Waals surface area contributed by atoms with Gasteiger partial charge in [-0.3, -0.25) is 0 Å². The summed E-state index contributed by atoms with van der Waals surface area (Å²) in [6.07, 6.45) is 1.01. The third-order valence-electron chi connectivity index (χ3n) is 2.61. The summed E-state index contributed by atoms with van der Waals surface area (Å²) in [5.41, 5.74) is 7.01. The highest BCUT2D eigenvalue weighted by molar-refractivity contribution is 7.98. The predicted molar refractivity (Wildman–Crippen MR) is 72.0 cm³/mol. The number of thioether (sulfide) groups is 1. The maximum Gasteiger partial charge on any atom is 0.231 e. The highest BCUT2D eigenvalue weighted by Crippen LogP contribution is 2.40. The van der Waals surface area contributed by atoms with E-state index in [4.69, 9.17) is 26.8 Å². The molecule has 0 fully saturated rings. The van der Waals surface area contributed by atoms with Crippen molar-refractivity contribution in [2.24, 2.45) is 5.73 Å². The Morgan fingerprint density at radius 2 is 2.29 bits per heavy atom. The Bertz CT molecular complexity index is 400. The Morgan fingerprint density at radius 1 is 1.47 bits per heavy atom. The van der Waals surface area contributed by atoms with Gasteiger partial charge < -0.3 is 15.2 Å². The highest BCUT2D eigenvalue weighted by Gasteiger charge is 2.18. The van der Waals surface area contributed by atoms with Crippen LogP contribution in [0.25, 0.3) is 0 Å². The van der Waals surface area contributed by atoms with Crippen molar-refractivity contribution in [1.82, 2.24) is 0 Å². The SMILES string of the molecule is CCC(N)CSCc1cc(Cl)c2c(c1)OCO2. The second-order valence-corrected chi connectivity index (χ2v) is 5.43. The molecule has 1 aliphatic heterocycles. The lowest BCUT2D eigenvalue weighted by molar-refractivity contribution is 0.174. The third kappa shape index (κ3) is 3.21. The molecule has 0 amide bonds. The Kier molecular flexibility index (Phi) is 4.42. The van der Waals surface area contributed by atoms with Crippen molar-refractivity contribution in [2.45, 2.75) is 25.1 Å². The zero-order chi connectivity index (χ0) is 12.3. The van der Waals surface area contributed by atoms with Gasteiger partial charge in [-0.1, -0.05) is 18.5 Å². The quantitative estimate of drug-likeness (QED) is 0.896. The number of nitrogens with two attached hydrogens (primary N) is 1. The molecule has 17 heavy (non-hydrogen) atoms. The van der Waals surface area contributed by atoms with Crippen molar-refractivity contribution in [3.8, 4) is 11.5 Å². The minimum Gasteiger partial charge on any atom is -0.454 e. The van der Waals surface area contributed by atoms with E-state index in [0.29, 0.717) is 10.8 Å². The van der Waals surface area contributed by atoms with E-state index in [1.54, 1.807) is 0 Å². The fourth-order valence-electron chi connectivity index (χ4n) is 1.55. The van der Waals surface area contributed by atoms with Crippen molar-refractivity contribution >= 4 is 23.4 Å². The van der Waals surface area contributed by atoms with E-state index < -0.39 is 0 Å². The fraction of sp³-hybridized carbons (Fsp3) is 0.500. The Labute approximate surface area is 111 Å². The molecule has 5 heteroatoms. The molecule has 3 nitrogen and oxygen atoms in total. The largest absolute Gasteiger partial charge is 0.454 e. The molecule has 0 saturated heterocycles.